The molecule has 0 aliphatic carbocycles. The van der Waals surface area contributed by atoms with Gasteiger partial charge in [-0.3, -0.25) is 0 Å². The lowest BCUT2D eigenvalue weighted by molar-refractivity contribution is 0.275. The standard InChI is InChI=1S/C15H23F2NO/c1-2-3-4-5-6-9-19-15-13(16)10-12(7-8-18)11-14(15)17/h10-11H,2-9,18H2,1H3. The Morgan fingerprint density at radius 2 is 1.68 bits per heavy atom. The van der Waals surface area contributed by atoms with Crippen LogP contribution in [0.5, 0.6) is 5.75 Å². The molecule has 1 aromatic rings. The minimum atomic E-state index is -0.642. The van der Waals surface area contributed by atoms with Gasteiger partial charge in [0.25, 0.3) is 0 Å². The van der Waals surface area contributed by atoms with Gasteiger partial charge < -0.3 is 10.5 Å². The maximum atomic E-state index is 13.7. The van der Waals surface area contributed by atoms with Crippen molar-refractivity contribution < 1.29 is 13.5 Å². The van der Waals surface area contributed by atoms with E-state index in [2.05, 4.69) is 6.92 Å². The zero-order chi connectivity index (χ0) is 14.1. The molecule has 0 atom stereocenters. The van der Waals surface area contributed by atoms with Crippen molar-refractivity contribution in [2.24, 2.45) is 5.73 Å². The number of halogens is 2. The summed E-state index contributed by atoms with van der Waals surface area (Å²) in [5, 5.41) is 0. The van der Waals surface area contributed by atoms with E-state index in [4.69, 9.17) is 10.5 Å². The van der Waals surface area contributed by atoms with Gasteiger partial charge in [-0.05, 0) is 37.1 Å². The second-order valence-corrected chi connectivity index (χ2v) is 4.69. The van der Waals surface area contributed by atoms with E-state index >= 15 is 0 Å². The molecule has 1 aromatic carbocycles. The molecule has 2 N–H and O–H groups in total. The first-order chi connectivity index (χ1) is 9.19. The van der Waals surface area contributed by atoms with Gasteiger partial charge in [-0.2, -0.15) is 0 Å². The summed E-state index contributed by atoms with van der Waals surface area (Å²) in [5.74, 6) is -1.55. The van der Waals surface area contributed by atoms with Crippen molar-refractivity contribution in [1.29, 1.82) is 0 Å². The minimum absolute atomic E-state index is 0.267. The Kier molecular flexibility index (Phi) is 7.41. The molecule has 0 amide bonds. The fourth-order valence-electron chi connectivity index (χ4n) is 1.94. The Morgan fingerprint density at radius 3 is 2.26 bits per heavy atom. The fourth-order valence-corrected chi connectivity index (χ4v) is 1.94. The number of rotatable bonds is 9. The van der Waals surface area contributed by atoms with E-state index in [-0.39, 0.29) is 5.75 Å². The highest BCUT2D eigenvalue weighted by molar-refractivity contribution is 5.31. The van der Waals surface area contributed by atoms with Gasteiger partial charge in [0.2, 0.25) is 0 Å². The molecular weight excluding hydrogens is 248 g/mol. The molecule has 19 heavy (non-hydrogen) atoms. The summed E-state index contributed by atoms with van der Waals surface area (Å²) in [6, 6.07) is 2.59. The largest absolute Gasteiger partial charge is 0.488 e. The SMILES string of the molecule is CCCCCCCOc1c(F)cc(CCN)cc1F. The molecule has 0 bridgehead atoms. The number of unbranched alkanes of at least 4 members (excludes halogenated alkanes) is 4. The molecule has 0 radical (unpaired) electrons. The summed E-state index contributed by atoms with van der Waals surface area (Å²) in [4.78, 5) is 0. The fraction of sp³-hybridized carbons (Fsp3) is 0.600. The van der Waals surface area contributed by atoms with Gasteiger partial charge in [0.1, 0.15) is 0 Å². The molecule has 0 fully saturated rings. The van der Waals surface area contributed by atoms with Crippen molar-refractivity contribution in [2.45, 2.75) is 45.4 Å². The third-order valence-corrected chi connectivity index (χ3v) is 2.99. The van der Waals surface area contributed by atoms with Gasteiger partial charge in [-0.15, -0.1) is 0 Å². The van der Waals surface area contributed by atoms with Gasteiger partial charge in [0.15, 0.2) is 17.4 Å². The zero-order valence-corrected chi connectivity index (χ0v) is 11.6. The molecule has 0 heterocycles. The van der Waals surface area contributed by atoms with Crippen LogP contribution in [0.3, 0.4) is 0 Å². The second kappa shape index (κ2) is 8.86. The van der Waals surface area contributed by atoms with E-state index in [9.17, 15) is 8.78 Å². The third kappa shape index (κ3) is 5.55. The average Bonchev–Trinajstić information content (AvgIpc) is 2.36. The molecule has 4 heteroatoms. The Labute approximate surface area is 114 Å². The van der Waals surface area contributed by atoms with Crippen LogP contribution in [0.25, 0.3) is 0 Å². The number of hydrogen-bond donors (Lipinski definition) is 1. The highest BCUT2D eigenvalue weighted by atomic mass is 19.1. The van der Waals surface area contributed by atoms with E-state index in [0.717, 1.165) is 19.3 Å². The van der Waals surface area contributed by atoms with Crippen molar-refractivity contribution in [2.75, 3.05) is 13.2 Å². The number of benzene rings is 1. The molecule has 0 saturated carbocycles. The van der Waals surface area contributed by atoms with Gasteiger partial charge in [0.05, 0.1) is 6.61 Å². The number of hydrogen-bond acceptors (Lipinski definition) is 2. The quantitative estimate of drug-likeness (QED) is 0.693. The van der Waals surface area contributed by atoms with Crippen molar-refractivity contribution in [3.05, 3.63) is 29.3 Å². The first-order valence-corrected chi connectivity index (χ1v) is 6.99. The molecule has 0 aromatic heterocycles. The number of ether oxygens (including phenoxy) is 1. The van der Waals surface area contributed by atoms with Gasteiger partial charge in [0, 0.05) is 0 Å². The Bertz CT molecular complexity index is 359. The first-order valence-electron chi connectivity index (χ1n) is 6.99. The van der Waals surface area contributed by atoms with Gasteiger partial charge in [-0.1, -0.05) is 32.6 Å². The smallest absolute Gasteiger partial charge is 0.190 e. The van der Waals surface area contributed by atoms with Crippen LogP contribution in [0, 0.1) is 11.6 Å². The predicted octanol–water partition coefficient (Wildman–Crippen LogP) is 3.82. The summed E-state index contributed by atoms with van der Waals surface area (Å²) in [7, 11) is 0. The summed E-state index contributed by atoms with van der Waals surface area (Å²) >= 11 is 0. The van der Waals surface area contributed by atoms with Gasteiger partial charge in [-0.25, -0.2) is 8.78 Å². The van der Waals surface area contributed by atoms with Crippen LogP contribution in [0.1, 0.15) is 44.6 Å². The molecule has 0 unspecified atom stereocenters. The van der Waals surface area contributed by atoms with Crippen LogP contribution in [0.2, 0.25) is 0 Å². The normalized spacial score (nSPS) is 10.7. The van der Waals surface area contributed by atoms with E-state index < -0.39 is 11.6 Å². The Hall–Kier alpha value is -1.16. The highest BCUT2D eigenvalue weighted by Crippen LogP contribution is 2.23. The molecule has 0 saturated heterocycles. The molecule has 0 aliphatic rings. The zero-order valence-electron chi connectivity index (χ0n) is 11.6. The Morgan fingerprint density at radius 1 is 1.05 bits per heavy atom. The van der Waals surface area contributed by atoms with E-state index in [0.29, 0.717) is 25.1 Å². The summed E-state index contributed by atoms with van der Waals surface area (Å²) in [6.07, 6.45) is 5.82. The monoisotopic (exact) mass is 271 g/mol. The molecular formula is C15H23F2NO. The van der Waals surface area contributed by atoms with Crippen LogP contribution in [0.15, 0.2) is 12.1 Å². The average molecular weight is 271 g/mol. The maximum absolute atomic E-state index is 13.7. The second-order valence-electron chi connectivity index (χ2n) is 4.69. The molecule has 0 spiro atoms. The van der Waals surface area contributed by atoms with Crippen molar-refractivity contribution >= 4 is 0 Å². The van der Waals surface area contributed by atoms with Crippen LogP contribution in [0.4, 0.5) is 8.78 Å². The van der Waals surface area contributed by atoms with E-state index in [1.807, 2.05) is 0 Å². The van der Waals surface area contributed by atoms with Crippen LogP contribution < -0.4 is 10.5 Å². The molecule has 0 aliphatic heterocycles. The third-order valence-electron chi connectivity index (χ3n) is 2.99. The summed E-state index contributed by atoms with van der Waals surface area (Å²) in [6.45, 7) is 2.87. The molecule has 1 rings (SSSR count). The lowest BCUT2D eigenvalue weighted by Gasteiger charge is -2.10. The molecule has 2 nitrogen and oxygen atoms in total. The minimum Gasteiger partial charge on any atom is -0.488 e. The van der Waals surface area contributed by atoms with Crippen molar-refractivity contribution in [3.63, 3.8) is 0 Å². The van der Waals surface area contributed by atoms with Crippen LogP contribution in [-0.2, 0) is 6.42 Å². The van der Waals surface area contributed by atoms with Crippen LogP contribution >= 0.6 is 0 Å². The van der Waals surface area contributed by atoms with Crippen molar-refractivity contribution in [3.8, 4) is 5.75 Å². The van der Waals surface area contributed by atoms with E-state index in [1.54, 1.807) is 0 Å². The van der Waals surface area contributed by atoms with Gasteiger partial charge >= 0.3 is 0 Å². The lowest BCUT2D eigenvalue weighted by Crippen LogP contribution is -2.06. The van der Waals surface area contributed by atoms with Crippen molar-refractivity contribution in [1.82, 2.24) is 0 Å². The highest BCUT2D eigenvalue weighted by Gasteiger charge is 2.12. The maximum Gasteiger partial charge on any atom is 0.190 e. The number of nitrogens with two attached hydrogens (primary N) is 1. The lowest BCUT2D eigenvalue weighted by atomic mass is 10.1. The Balaban J connectivity index is 2.45. The predicted molar refractivity (Wildman–Crippen MR) is 73.4 cm³/mol. The first kappa shape index (κ1) is 15.9. The molecule has 108 valence electrons. The van der Waals surface area contributed by atoms with E-state index in [1.165, 1.54) is 25.0 Å². The summed E-state index contributed by atoms with van der Waals surface area (Å²) in [5.41, 5.74) is 5.92. The topological polar surface area (TPSA) is 35.2 Å². The summed E-state index contributed by atoms with van der Waals surface area (Å²) < 4.78 is 32.5. The van der Waals surface area contributed by atoms with Crippen LogP contribution in [-0.4, -0.2) is 13.2 Å².